The molecule has 0 aromatic heterocycles. The first-order valence-corrected chi connectivity index (χ1v) is 4.85. The molecule has 3 N–H and O–H groups in total. The van der Waals surface area contributed by atoms with Crippen LogP contribution in [0.15, 0.2) is 24.3 Å². The summed E-state index contributed by atoms with van der Waals surface area (Å²) in [5.74, 6) is 0. The van der Waals surface area contributed by atoms with Crippen molar-refractivity contribution in [2.24, 2.45) is 0 Å². The van der Waals surface area contributed by atoms with Gasteiger partial charge in [0.1, 0.15) is 0 Å². The molecule has 0 aliphatic rings. The van der Waals surface area contributed by atoms with Crippen molar-refractivity contribution in [2.75, 3.05) is 11.9 Å². The maximum Gasteiger partial charge on any atom is 0.151 e. The normalized spacial score (nSPS) is 10.6. The Morgan fingerprint density at radius 1 is 1.21 bits per heavy atom. The van der Waals surface area contributed by atoms with Crippen LogP contribution in [0.2, 0.25) is 0 Å². The first-order chi connectivity index (χ1) is 6.68. The SMILES string of the molecule is Cc1ccc(NCCCC(O)O)cc1. The van der Waals surface area contributed by atoms with Gasteiger partial charge in [0.05, 0.1) is 0 Å². The number of anilines is 1. The van der Waals surface area contributed by atoms with Crippen molar-refractivity contribution >= 4 is 5.69 Å². The molecule has 0 fully saturated rings. The van der Waals surface area contributed by atoms with E-state index in [9.17, 15) is 0 Å². The predicted molar refractivity (Wildman–Crippen MR) is 57.1 cm³/mol. The van der Waals surface area contributed by atoms with Gasteiger partial charge in [0, 0.05) is 12.2 Å². The lowest BCUT2D eigenvalue weighted by atomic mass is 10.2. The highest BCUT2D eigenvalue weighted by molar-refractivity contribution is 5.44. The van der Waals surface area contributed by atoms with Gasteiger partial charge in [0.15, 0.2) is 6.29 Å². The highest BCUT2D eigenvalue weighted by Crippen LogP contribution is 2.08. The zero-order valence-electron chi connectivity index (χ0n) is 8.40. The lowest BCUT2D eigenvalue weighted by molar-refractivity contribution is -0.0456. The molecule has 1 aromatic rings. The second-order valence-corrected chi connectivity index (χ2v) is 3.42. The van der Waals surface area contributed by atoms with Gasteiger partial charge in [0.2, 0.25) is 0 Å². The van der Waals surface area contributed by atoms with E-state index in [0.29, 0.717) is 6.42 Å². The number of hydrogen-bond donors (Lipinski definition) is 3. The van der Waals surface area contributed by atoms with Crippen LogP contribution in [0.4, 0.5) is 5.69 Å². The van der Waals surface area contributed by atoms with Crippen molar-refractivity contribution in [3.63, 3.8) is 0 Å². The quantitative estimate of drug-likeness (QED) is 0.493. The summed E-state index contributed by atoms with van der Waals surface area (Å²) < 4.78 is 0. The monoisotopic (exact) mass is 195 g/mol. The predicted octanol–water partition coefficient (Wildman–Crippen LogP) is 1.50. The second kappa shape index (κ2) is 5.62. The van der Waals surface area contributed by atoms with Gasteiger partial charge in [-0.15, -0.1) is 0 Å². The van der Waals surface area contributed by atoms with Crippen LogP contribution in [0, 0.1) is 6.92 Å². The van der Waals surface area contributed by atoms with E-state index in [1.165, 1.54) is 5.56 Å². The number of aliphatic hydroxyl groups excluding tert-OH is 1. The molecular weight excluding hydrogens is 178 g/mol. The average Bonchev–Trinajstić information content (AvgIpc) is 2.15. The summed E-state index contributed by atoms with van der Waals surface area (Å²) in [7, 11) is 0. The fourth-order valence-electron chi connectivity index (χ4n) is 1.19. The molecule has 0 bridgehead atoms. The minimum absolute atomic E-state index is 0.416. The van der Waals surface area contributed by atoms with Crippen LogP contribution in [0.1, 0.15) is 18.4 Å². The van der Waals surface area contributed by atoms with Crippen molar-refractivity contribution in [1.29, 1.82) is 0 Å². The van der Waals surface area contributed by atoms with Gasteiger partial charge >= 0.3 is 0 Å². The van der Waals surface area contributed by atoms with Crippen molar-refractivity contribution < 1.29 is 10.2 Å². The molecule has 14 heavy (non-hydrogen) atoms. The number of aryl methyl sites for hydroxylation is 1. The van der Waals surface area contributed by atoms with Gasteiger partial charge in [-0.3, -0.25) is 0 Å². The fourth-order valence-corrected chi connectivity index (χ4v) is 1.19. The summed E-state index contributed by atoms with van der Waals surface area (Å²) >= 11 is 0. The van der Waals surface area contributed by atoms with Crippen LogP contribution in [-0.2, 0) is 0 Å². The molecule has 0 unspecified atom stereocenters. The molecule has 0 spiro atoms. The molecule has 1 rings (SSSR count). The molecular formula is C11H17NO2. The maximum absolute atomic E-state index is 8.61. The van der Waals surface area contributed by atoms with Crippen molar-refractivity contribution in [1.82, 2.24) is 0 Å². The molecule has 0 heterocycles. The van der Waals surface area contributed by atoms with Gasteiger partial charge in [-0.1, -0.05) is 17.7 Å². The van der Waals surface area contributed by atoms with Crippen molar-refractivity contribution in [3.8, 4) is 0 Å². The van der Waals surface area contributed by atoms with Gasteiger partial charge in [-0.25, -0.2) is 0 Å². The number of aliphatic hydroxyl groups is 2. The van der Waals surface area contributed by atoms with Crippen LogP contribution in [-0.4, -0.2) is 23.0 Å². The Balaban J connectivity index is 2.21. The molecule has 0 atom stereocenters. The molecule has 0 aliphatic carbocycles. The molecule has 0 radical (unpaired) electrons. The Labute approximate surface area is 84.4 Å². The molecule has 0 saturated carbocycles. The fraction of sp³-hybridized carbons (Fsp3) is 0.455. The lowest BCUT2D eigenvalue weighted by Crippen LogP contribution is -2.08. The van der Waals surface area contributed by atoms with E-state index in [2.05, 4.69) is 5.32 Å². The Hall–Kier alpha value is -1.06. The third-order valence-electron chi connectivity index (χ3n) is 2.02. The van der Waals surface area contributed by atoms with Crippen molar-refractivity contribution in [3.05, 3.63) is 29.8 Å². The van der Waals surface area contributed by atoms with Crippen LogP contribution < -0.4 is 5.32 Å². The van der Waals surface area contributed by atoms with E-state index < -0.39 is 6.29 Å². The number of rotatable bonds is 5. The summed E-state index contributed by atoms with van der Waals surface area (Å²) in [4.78, 5) is 0. The van der Waals surface area contributed by atoms with E-state index in [4.69, 9.17) is 10.2 Å². The lowest BCUT2D eigenvalue weighted by Gasteiger charge is -2.07. The summed E-state index contributed by atoms with van der Waals surface area (Å²) in [6, 6.07) is 8.13. The van der Waals surface area contributed by atoms with Crippen LogP contribution in [0.25, 0.3) is 0 Å². The molecule has 0 amide bonds. The molecule has 1 aromatic carbocycles. The standard InChI is InChI=1S/C11H17NO2/c1-9-4-6-10(7-5-9)12-8-2-3-11(13)14/h4-7,11-14H,2-3,8H2,1H3. The first-order valence-electron chi connectivity index (χ1n) is 4.85. The molecule has 3 heteroatoms. The second-order valence-electron chi connectivity index (χ2n) is 3.42. The van der Waals surface area contributed by atoms with Crippen molar-refractivity contribution in [2.45, 2.75) is 26.1 Å². The minimum atomic E-state index is -1.19. The topological polar surface area (TPSA) is 52.5 Å². The highest BCUT2D eigenvalue weighted by atomic mass is 16.5. The summed E-state index contributed by atoms with van der Waals surface area (Å²) in [6.45, 7) is 2.81. The highest BCUT2D eigenvalue weighted by Gasteiger charge is 1.96. The summed E-state index contributed by atoms with van der Waals surface area (Å²) in [6.07, 6.45) is -0.0143. The van der Waals surface area contributed by atoms with Gasteiger partial charge in [-0.05, 0) is 31.9 Å². The minimum Gasteiger partial charge on any atom is -0.385 e. The molecule has 0 aliphatic heterocycles. The van der Waals surface area contributed by atoms with E-state index in [-0.39, 0.29) is 0 Å². The van der Waals surface area contributed by atoms with E-state index in [1.54, 1.807) is 0 Å². The number of benzene rings is 1. The summed E-state index contributed by atoms with van der Waals surface area (Å²) in [5, 5.41) is 20.4. The number of nitrogens with one attached hydrogen (secondary N) is 1. The average molecular weight is 195 g/mol. The largest absolute Gasteiger partial charge is 0.385 e. The van der Waals surface area contributed by atoms with Crippen LogP contribution in [0.3, 0.4) is 0 Å². The van der Waals surface area contributed by atoms with Gasteiger partial charge < -0.3 is 15.5 Å². The zero-order chi connectivity index (χ0) is 10.4. The van der Waals surface area contributed by atoms with Gasteiger partial charge in [-0.2, -0.15) is 0 Å². The van der Waals surface area contributed by atoms with E-state index in [1.807, 2.05) is 31.2 Å². The Morgan fingerprint density at radius 3 is 2.43 bits per heavy atom. The third-order valence-corrected chi connectivity index (χ3v) is 2.02. The maximum atomic E-state index is 8.61. The molecule has 78 valence electrons. The van der Waals surface area contributed by atoms with E-state index >= 15 is 0 Å². The first kappa shape index (κ1) is 11.0. The Kier molecular flexibility index (Phi) is 4.43. The Morgan fingerprint density at radius 2 is 1.86 bits per heavy atom. The van der Waals surface area contributed by atoms with Crippen LogP contribution >= 0.6 is 0 Å². The molecule has 0 saturated heterocycles. The zero-order valence-corrected chi connectivity index (χ0v) is 8.40. The number of hydrogen-bond acceptors (Lipinski definition) is 3. The van der Waals surface area contributed by atoms with Gasteiger partial charge in [0.25, 0.3) is 0 Å². The Bertz CT molecular complexity index is 256. The summed E-state index contributed by atoms with van der Waals surface area (Å²) in [5.41, 5.74) is 2.31. The molecule has 3 nitrogen and oxygen atoms in total. The third kappa shape index (κ3) is 4.25. The van der Waals surface area contributed by atoms with Crippen LogP contribution in [0.5, 0.6) is 0 Å². The van der Waals surface area contributed by atoms with E-state index in [0.717, 1.165) is 18.7 Å². The smallest absolute Gasteiger partial charge is 0.151 e.